The van der Waals surface area contributed by atoms with E-state index < -0.39 is 6.09 Å². The van der Waals surface area contributed by atoms with Crippen molar-refractivity contribution in [3.8, 4) is 11.5 Å². The summed E-state index contributed by atoms with van der Waals surface area (Å²) in [6.07, 6.45) is -0.745. The molecule has 0 atom stereocenters. The highest BCUT2D eigenvalue weighted by atomic mass is 35.5. The Labute approximate surface area is 136 Å². The fourth-order valence-corrected chi connectivity index (χ4v) is 2.21. The predicted octanol–water partition coefficient (Wildman–Crippen LogP) is 5.27. The average Bonchev–Trinajstić information content (AvgIpc) is 2.45. The van der Waals surface area contributed by atoms with Gasteiger partial charge in [0.05, 0.1) is 22.8 Å². The second kappa shape index (κ2) is 6.89. The van der Waals surface area contributed by atoms with Gasteiger partial charge in [0.25, 0.3) is 0 Å². The van der Waals surface area contributed by atoms with Crippen LogP contribution in [0.15, 0.2) is 36.4 Å². The first-order chi connectivity index (χ1) is 10.0. The molecule has 0 aliphatic carbocycles. The molecule has 0 aliphatic rings. The minimum atomic E-state index is -0.745. The summed E-state index contributed by atoms with van der Waals surface area (Å²) >= 11 is 17.7. The van der Waals surface area contributed by atoms with Gasteiger partial charge in [-0.15, -0.1) is 0 Å². The first-order valence-electron chi connectivity index (χ1n) is 5.77. The van der Waals surface area contributed by atoms with Crippen LogP contribution in [0.4, 0.5) is 10.5 Å². The summed E-state index contributed by atoms with van der Waals surface area (Å²) in [5, 5.41) is 3.49. The maximum absolute atomic E-state index is 11.9. The summed E-state index contributed by atoms with van der Waals surface area (Å²) in [7, 11) is 1.47. The van der Waals surface area contributed by atoms with E-state index >= 15 is 0 Å². The monoisotopic (exact) mass is 345 g/mol. The molecule has 0 fully saturated rings. The normalized spacial score (nSPS) is 10.1. The molecular weight excluding hydrogens is 337 g/mol. The van der Waals surface area contributed by atoms with E-state index in [0.717, 1.165) is 0 Å². The van der Waals surface area contributed by atoms with Gasteiger partial charge in [-0.1, -0.05) is 40.9 Å². The molecule has 0 aromatic heterocycles. The number of ether oxygens (including phenoxy) is 2. The van der Waals surface area contributed by atoms with Gasteiger partial charge >= 0.3 is 6.09 Å². The van der Waals surface area contributed by atoms with E-state index in [1.807, 2.05) is 0 Å². The largest absolute Gasteiger partial charge is 0.495 e. The van der Waals surface area contributed by atoms with Crippen LogP contribution < -0.4 is 14.8 Å². The molecule has 0 aliphatic heterocycles. The SMILES string of the molecule is COc1cc(Cl)ccc1NC(=O)Oc1c(Cl)cccc1Cl. The zero-order chi connectivity index (χ0) is 15.4. The molecular formula is C14H10Cl3NO3. The number of carbonyl (C=O) groups is 1. The molecule has 2 rings (SSSR count). The molecule has 0 saturated heterocycles. The van der Waals surface area contributed by atoms with Crippen LogP contribution in [0.5, 0.6) is 11.5 Å². The van der Waals surface area contributed by atoms with E-state index in [4.69, 9.17) is 44.3 Å². The maximum atomic E-state index is 11.9. The van der Waals surface area contributed by atoms with Crippen LogP contribution in [0.2, 0.25) is 15.1 Å². The van der Waals surface area contributed by atoms with Crippen LogP contribution in [-0.4, -0.2) is 13.2 Å². The molecule has 1 amide bonds. The molecule has 0 bridgehead atoms. The first-order valence-corrected chi connectivity index (χ1v) is 6.91. The Bertz CT molecular complexity index is 656. The number of anilines is 1. The third kappa shape index (κ3) is 3.94. The van der Waals surface area contributed by atoms with Gasteiger partial charge in [0.1, 0.15) is 5.75 Å². The van der Waals surface area contributed by atoms with Crippen molar-refractivity contribution in [3.05, 3.63) is 51.5 Å². The van der Waals surface area contributed by atoms with E-state index in [1.165, 1.54) is 7.11 Å². The number of benzene rings is 2. The number of rotatable bonds is 3. The summed E-state index contributed by atoms with van der Waals surface area (Å²) in [4.78, 5) is 11.9. The number of nitrogens with one attached hydrogen (secondary N) is 1. The fraction of sp³-hybridized carbons (Fsp3) is 0.0714. The quantitative estimate of drug-likeness (QED) is 0.824. The molecule has 7 heteroatoms. The van der Waals surface area contributed by atoms with E-state index in [0.29, 0.717) is 16.5 Å². The van der Waals surface area contributed by atoms with Crippen LogP contribution in [0, 0.1) is 0 Å². The van der Waals surface area contributed by atoms with Gasteiger partial charge in [0, 0.05) is 11.1 Å². The van der Waals surface area contributed by atoms with Gasteiger partial charge < -0.3 is 9.47 Å². The van der Waals surface area contributed by atoms with Crippen LogP contribution >= 0.6 is 34.8 Å². The number of halogens is 3. The lowest BCUT2D eigenvalue weighted by Crippen LogP contribution is -2.17. The molecule has 1 N–H and O–H groups in total. The van der Waals surface area contributed by atoms with Crippen LogP contribution in [0.25, 0.3) is 0 Å². The van der Waals surface area contributed by atoms with Crippen molar-refractivity contribution in [2.24, 2.45) is 0 Å². The molecule has 0 spiro atoms. The van der Waals surface area contributed by atoms with Crippen LogP contribution in [-0.2, 0) is 0 Å². The van der Waals surface area contributed by atoms with Gasteiger partial charge in [-0.3, -0.25) is 5.32 Å². The Kier molecular flexibility index (Phi) is 5.17. The molecule has 2 aromatic carbocycles. The Morgan fingerprint density at radius 3 is 2.38 bits per heavy atom. The highest BCUT2D eigenvalue weighted by Gasteiger charge is 2.14. The minimum absolute atomic E-state index is 0.0891. The Balaban J connectivity index is 2.16. The number of amides is 1. The predicted molar refractivity (Wildman–Crippen MR) is 84.1 cm³/mol. The van der Waals surface area contributed by atoms with Crippen LogP contribution in [0.3, 0.4) is 0 Å². The van der Waals surface area contributed by atoms with Crippen molar-refractivity contribution in [2.75, 3.05) is 12.4 Å². The highest BCUT2D eigenvalue weighted by molar-refractivity contribution is 6.37. The molecule has 0 radical (unpaired) electrons. The van der Waals surface area contributed by atoms with Crippen molar-refractivity contribution in [1.29, 1.82) is 0 Å². The second-order valence-electron chi connectivity index (χ2n) is 3.91. The van der Waals surface area contributed by atoms with Crippen molar-refractivity contribution in [1.82, 2.24) is 0 Å². The van der Waals surface area contributed by atoms with Gasteiger partial charge in [-0.2, -0.15) is 0 Å². The summed E-state index contributed by atoms with van der Waals surface area (Å²) < 4.78 is 10.2. The molecule has 0 heterocycles. The number of para-hydroxylation sites is 1. The van der Waals surface area contributed by atoms with Gasteiger partial charge in [0.2, 0.25) is 0 Å². The number of methoxy groups -OCH3 is 1. The summed E-state index contributed by atoms with van der Waals surface area (Å²) in [5.74, 6) is 0.496. The number of hydrogen-bond donors (Lipinski definition) is 1. The Hall–Kier alpha value is -1.62. The smallest absolute Gasteiger partial charge is 0.417 e. The van der Waals surface area contributed by atoms with E-state index in [-0.39, 0.29) is 15.8 Å². The lowest BCUT2D eigenvalue weighted by Gasteiger charge is -2.12. The summed E-state index contributed by atoms with van der Waals surface area (Å²) in [6.45, 7) is 0. The van der Waals surface area contributed by atoms with E-state index in [9.17, 15) is 4.79 Å². The minimum Gasteiger partial charge on any atom is -0.495 e. The van der Waals surface area contributed by atoms with Crippen molar-refractivity contribution in [2.45, 2.75) is 0 Å². The average molecular weight is 347 g/mol. The topological polar surface area (TPSA) is 47.6 Å². The molecule has 0 unspecified atom stereocenters. The molecule has 21 heavy (non-hydrogen) atoms. The molecule has 110 valence electrons. The molecule has 2 aromatic rings. The van der Waals surface area contributed by atoms with E-state index in [1.54, 1.807) is 36.4 Å². The zero-order valence-electron chi connectivity index (χ0n) is 10.8. The summed E-state index contributed by atoms with van der Waals surface area (Å²) in [6, 6.07) is 9.56. The van der Waals surface area contributed by atoms with Crippen molar-refractivity contribution < 1.29 is 14.3 Å². The maximum Gasteiger partial charge on any atom is 0.417 e. The van der Waals surface area contributed by atoms with Gasteiger partial charge in [-0.25, -0.2) is 4.79 Å². The third-order valence-corrected chi connectivity index (χ3v) is 3.34. The van der Waals surface area contributed by atoms with Crippen molar-refractivity contribution >= 4 is 46.6 Å². The lowest BCUT2D eigenvalue weighted by atomic mass is 10.3. The Morgan fingerprint density at radius 2 is 1.76 bits per heavy atom. The first kappa shape index (κ1) is 15.8. The number of carbonyl (C=O) groups excluding carboxylic acids is 1. The van der Waals surface area contributed by atoms with Gasteiger partial charge in [-0.05, 0) is 24.3 Å². The summed E-state index contributed by atoms with van der Waals surface area (Å²) in [5.41, 5.74) is 0.412. The van der Waals surface area contributed by atoms with Crippen molar-refractivity contribution in [3.63, 3.8) is 0 Å². The molecule has 0 saturated carbocycles. The standard InChI is InChI=1S/C14H10Cl3NO3/c1-20-12-7-8(15)5-6-11(12)18-14(19)21-13-9(16)3-2-4-10(13)17/h2-7H,1H3,(H,18,19). The Morgan fingerprint density at radius 1 is 1.10 bits per heavy atom. The van der Waals surface area contributed by atoms with Gasteiger partial charge in [0.15, 0.2) is 5.75 Å². The second-order valence-corrected chi connectivity index (χ2v) is 5.16. The fourth-order valence-electron chi connectivity index (χ4n) is 1.58. The zero-order valence-corrected chi connectivity index (χ0v) is 13.1. The highest BCUT2D eigenvalue weighted by Crippen LogP contribution is 2.33. The van der Waals surface area contributed by atoms with Crippen LogP contribution in [0.1, 0.15) is 0 Å². The third-order valence-electron chi connectivity index (χ3n) is 2.51. The number of hydrogen-bond acceptors (Lipinski definition) is 3. The lowest BCUT2D eigenvalue weighted by molar-refractivity contribution is 0.215. The van der Waals surface area contributed by atoms with E-state index in [2.05, 4.69) is 5.32 Å². The molecule has 4 nitrogen and oxygen atoms in total.